The Hall–Kier alpha value is -1.81. The number of halogens is 1. The fraction of sp³-hybridized carbons (Fsp3) is 0.188. The van der Waals surface area contributed by atoms with Gasteiger partial charge in [0.1, 0.15) is 5.75 Å². The number of hydrogen-bond acceptors (Lipinski definition) is 4. The topological polar surface area (TPSA) is 84.5 Å². The quantitative estimate of drug-likeness (QED) is 0.673. The summed E-state index contributed by atoms with van der Waals surface area (Å²) in [7, 11) is -0.938. The highest BCUT2D eigenvalue weighted by Crippen LogP contribution is 2.25. The van der Waals surface area contributed by atoms with E-state index >= 15 is 0 Å². The van der Waals surface area contributed by atoms with E-state index in [1.165, 1.54) is 32.4 Å². The first-order valence-electron chi connectivity index (χ1n) is 6.97. The summed E-state index contributed by atoms with van der Waals surface area (Å²) in [5.74, 6) is -0.118. The summed E-state index contributed by atoms with van der Waals surface area (Å²) in [5.41, 5.74) is 1.46. The molecule has 2 aromatic carbocycles. The van der Waals surface area contributed by atoms with Crippen molar-refractivity contribution in [3.05, 3.63) is 51.1 Å². The number of amides is 1. The minimum absolute atomic E-state index is 0.0140. The Morgan fingerprint density at radius 2 is 1.88 bits per heavy atom. The van der Waals surface area contributed by atoms with Gasteiger partial charge in [-0.1, -0.05) is 0 Å². The minimum atomic E-state index is -3.83. The van der Waals surface area contributed by atoms with E-state index in [4.69, 9.17) is 4.74 Å². The third kappa shape index (κ3) is 3.99. The predicted molar refractivity (Wildman–Crippen MR) is 101 cm³/mol. The van der Waals surface area contributed by atoms with Gasteiger partial charge in [-0.2, -0.15) is 0 Å². The Morgan fingerprint density at radius 1 is 1.17 bits per heavy atom. The molecule has 24 heavy (non-hydrogen) atoms. The van der Waals surface area contributed by atoms with Crippen LogP contribution < -0.4 is 14.8 Å². The Labute approximate surface area is 154 Å². The first kappa shape index (κ1) is 18.5. The summed E-state index contributed by atoms with van der Waals surface area (Å²) in [6.07, 6.45) is 0. The molecule has 0 radical (unpaired) electrons. The molecule has 0 saturated carbocycles. The van der Waals surface area contributed by atoms with Crippen LogP contribution in [0, 0.1) is 10.5 Å². The lowest BCUT2D eigenvalue weighted by Gasteiger charge is -2.13. The first-order valence-corrected chi connectivity index (χ1v) is 9.54. The third-order valence-corrected chi connectivity index (χ3v) is 5.42. The highest BCUT2D eigenvalue weighted by molar-refractivity contribution is 14.1. The first-order chi connectivity index (χ1) is 11.3. The SMILES string of the molecule is CNC(=O)c1cc(S(=O)(=O)Nc2ccc(I)cc2C)ccc1OC. The van der Waals surface area contributed by atoms with Crippen LogP contribution in [0.3, 0.4) is 0 Å². The summed E-state index contributed by atoms with van der Waals surface area (Å²) >= 11 is 2.16. The maximum atomic E-state index is 12.6. The molecule has 2 aromatic rings. The van der Waals surface area contributed by atoms with Crippen molar-refractivity contribution < 1.29 is 17.9 Å². The van der Waals surface area contributed by atoms with Gasteiger partial charge in [0.2, 0.25) is 0 Å². The second kappa shape index (κ2) is 7.39. The van der Waals surface area contributed by atoms with Crippen LogP contribution in [0.5, 0.6) is 5.75 Å². The summed E-state index contributed by atoms with van der Waals surface area (Å²) in [6.45, 7) is 1.82. The van der Waals surface area contributed by atoms with Crippen LogP contribution >= 0.6 is 22.6 Å². The molecule has 128 valence electrons. The molecule has 8 heteroatoms. The molecule has 1 amide bonds. The van der Waals surface area contributed by atoms with Crippen LogP contribution in [0.1, 0.15) is 15.9 Å². The number of hydrogen-bond donors (Lipinski definition) is 2. The molecule has 0 bridgehead atoms. The second-order valence-electron chi connectivity index (χ2n) is 5.01. The van der Waals surface area contributed by atoms with Gasteiger partial charge in [-0.05, 0) is 71.5 Å². The van der Waals surface area contributed by atoms with E-state index in [9.17, 15) is 13.2 Å². The van der Waals surface area contributed by atoms with Gasteiger partial charge < -0.3 is 10.1 Å². The molecular weight excluding hydrogens is 443 g/mol. The standard InChI is InChI=1S/C16H17IN2O4S/c1-10-8-11(17)4-6-14(10)19-24(21,22)12-5-7-15(23-3)13(9-12)16(20)18-2/h4-9,19H,1-3H3,(H,18,20). The molecule has 0 heterocycles. The van der Waals surface area contributed by atoms with Crippen molar-refractivity contribution in [2.24, 2.45) is 0 Å². The summed E-state index contributed by atoms with van der Waals surface area (Å²) in [5, 5.41) is 2.46. The van der Waals surface area contributed by atoms with Gasteiger partial charge in [0.25, 0.3) is 15.9 Å². The maximum Gasteiger partial charge on any atom is 0.261 e. The molecule has 2 rings (SSSR count). The van der Waals surface area contributed by atoms with Gasteiger partial charge in [-0.3, -0.25) is 9.52 Å². The van der Waals surface area contributed by atoms with Gasteiger partial charge in [0.15, 0.2) is 0 Å². The Kier molecular flexibility index (Phi) is 5.70. The Morgan fingerprint density at radius 3 is 2.46 bits per heavy atom. The number of ether oxygens (including phenoxy) is 1. The number of methoxy groups -OCH3 is 1. The van der Waals surface area contributed by atoms with Crippen LogP contribution in [0.25, 0.3) is 0 Å². The Balaban J connectivity index is 2.44. The fourth-order valence-corrected chi connectivity index (χ4v) is 3.92. The van der Waals surface area contributed by atoms with Crippen molar-refractivity contribution in [1.82, 2.24) is 5.32 Å². The molecule has 0 saturated heterocycles. The van der Waals surface area contributed by atoms with E-state index in [2.05, 4.69) is 32.6 Å². The van der Waals surface area contributed by atoms with Gasteiger partial charge in [0.05, 0.1) is 23.3 Å². The Bertz CT molecular complexity index is 882. The van der Waals surface area contributed by atoms with Crippen molar-refractivity contribution in [2.75, 3.05) is 18.9 Å². The predicted octanol–water partition coefficient (Wildman–Crippen LogP) is 2.77. The van der Waals surface area contributed by atoms with Gasteiger partial charge in [-0.15, -0.1) is 0 Å². The highest BCUT2D eigenvalue weighted by Gasteiger charge is 2.20. The summed E-state index contributed by atoms with van der Waals surface area (Å²) < 4.78 is 33.9. The largest absolute Gasteiger partial charge is 0.496 e. The number of benzene rings is 2. The number of nitrogens with one attached hydrogen (secondary N) is 2. The molecule has 2 N–H and O–H groups in total. The van der Waals surface area contributed by atoms with E-state index in [1.54, 1.807) is 6.07 Å². The molecule has 6 nitrogen and oxygen atoms in total. The van der Waals surface area contributed by atoms with Crippen molar-refractivity contribution in [3.8, 4) is 5.75 Å². The van der Waals surface area contributed by atoms with Crippen LogP contribution in [-0.4, -0.2) is 28.5 Å². The number of carbonyl (C=O) groups is 1. The minimum Gasteiger partial charge on any atom is -0.496 e. The maximum absolute atomic E-state index is 12.6. The summed E-state index contributed by atoms with van der Waals surface area (Å²) in [6, 6.07) is 9.55. The molecule has 0 aliphatic carbocycles. The van der Waals surface area contributed by atoms with Gasteiger partial charge in [-0.25, -0.2) is 8.42 Å². The van der Waals surface area contributed by atoms with Gasteiger partial charge in [0, 0.05) is 10.6 Å². The van der Waals surface area contributed by atoms with Crippen molar-refractivity contribution in [2.45, 2.75) is 11.8 Å². The molecular formula is C16H17IN2O4S. The second-order valence-corrected chi connectivity index (χ2v) is 7.93. The van der Waals surface area contributed by atoms with E-state index in [0.717, 1.165) is 9.13 Å². The van der Waals surface area contributed by atoms with Crippen molar-refractivity contribution in [3.63, 3.8) is 0 Å². The molecule has 0 unspecified atom stereocenters. The van der Waals surface area contributed by atoms with Crippen molar-refractivity contribution in [1.29, 1.82) is 0 Å². The number of anilines is 1. The number of rotatable bonds is 5. The average molecular weight is 460 g/mol. The zero-order valence-electron chi connectivity index (χ0n) is 13.4. The van der Waals surface area contributed by atoms with Crippen LogP contribution in [0.2, 0.25) is 0 Å². The highest BCUT2D eigenvalue weighted by atomic mass is 127. The van der Waals surface area contributed by atoms with E-state index in [1.807, 2.05) is 19.1 Å². The molecule has 0 aromatic heterocycles. The normalized spacial score (nSPS) is 11.0. The van der Waals surface area contributed by atoms with Crippen LogP contribution in [0.4, 0.5) is 5.69 Å². The molecule has 0 aliphatic heterocycles. The third-order valence-electron chi connectivity index (χ3n) is 3.39. The number of carbonyl (C=O) groups excluding carboxylic acids is 1. The zero-order chi connectivity index (χ0) is 17.9. The molecule has 0 spiro atoms. The molecule has 0 aliphatic rings. The average Bonchev–Trinajstić information content (AvgIpc) is 2.56. The smallest absolute Gasteiger partial charge is 0.261 e. The number of sulfonamides is 1. The lowest BCUT2D eigenvalue weighted by molar-refractivity contribution is 0.0960. The molecule has 0 atom stereocenters. The number of aryl methyl sites for hydroxylation is 1. The summed E-state index contributed by atoms with van der Waals surface area (Å²) in [4.78, 5) is 11.9. The molecule has 0 fully saturated rings. The van der Waals surface area contributed by atoms with E-state index in [0.29, 0.717) is 11.4 Å². The lowest BCUT2D eigenvalue weighted by atomic mass is 10.2. The van der Waals surface area contributed by atoms with Crippen LogP contribution in [0.15, 0.2) is 41.3 Å². The van der Waals surface area contributed by atoms with Crippen LogP contribution in [-0.2, 0) is 10.0 Å². The fourth-order valence-electron chi connectivity index (χ4n) is 2.11. The lowest BCUT2D eigenvalue weighted by Crippen LogP contribution is -2.20. The zero-order valence-corrected chi connectivity index (χ0v) is 16.4. The van der Waals surface area contributed by atoms with Crippen molar-refractivity contribution >= 4 is 44.2 Å². The van der Waals surface area contributed by atoms with Gasteiger partial charge >= 0.3 is 0 Å². The van der Waals surface area contributed by atoms with E-state index < -0.39 is 15.9 Å². The van der Waals surface area contributed by atoms with E-state index in [-0.39, 0.29) is 10.5 Å². The monoisotopic (exact) mass is 460 g/mol.